The maximum absolute atomic E-state index is 11.7. The van der Waals surface area contributed by atoms with Gasteiger partial charge in [0.1, 0.15) is 13.2 Å². The Hall–Kier alpha value is -3.46. The first kappa shape index (κ1) is 19.9. The molecule has 144 valence electrons. The summed E-state index contributed by atoms with van der Waals surface area (Å²) in [4.78, 5) is 23.4. The Morgan fingerprint density at radius 2 is 1.04 bits per heavy atom. The zero-order valence-electron chi connectivity index (χ0n) is 14.1. The van der Waals surface area contributed by atoms with Crippen LogP contribution >= 0.6 is 0 Å². The van der Waals surface area contributed by atoms with Crippen LogP contribution in [0.15, 0.2) is 36.4 Å². The number of esters is 2. The van der Waals surface area contributed by atoms with E-state index in [1.165, 1.54) is 24.3 Å². The second-order valence-electron chi connectivity index (χ2n) is 5.29. The van der Waals surface area contributed by atoms with Crippen LogP contribution in [-0.4, -0.2) is 58.8 Å². The van der Waals surface area contributed by atoms with Gasteiger partial charge in [-0.05, 0) is 36.4 Å². The largest absolute Gasteiger partial charge is 0.504 e. The van der Waals surface area contributed by atoms with Crippen LogP contribution < -0.4 is 0 Å². The van der Waals surface area contributed by atoms with Gasteiger partial charge in [-0.2, -0.15) is 0 Å². The van der Waals surface area contributed by atoms with E-state index in [1.807, 2.05) is 0 Å². The van der Waals surface area contributed by atoms with Crippen molar-refractivity contribution in [3.05, 3.63) is 47.5 Å². The van der Waals surface area contributed by atoms with Crippen LogP contribution in [-0.2, 0) is 14.2 Å². The maximum atomic E-state index is 11.7. The van der Waals surface area contributed by atoms with Gasteiger partial charge < -0.3 is 34.6 Å². The van der Waals surface area contributed by atoms with E-state index in [0.29, 0.717) is 0 Å². The molecular weight excluding hydrogens is 360 g/mol. The minimum Gasteiger partial charge on any atom is -0.504 e. The summed E-state index contributed by atoms with van der Waals surface area (Å²) in [5.74, 6) is -2.91. The number of ether oxygens (including phenoxy) is 3. The molecule has 0 fully saturated rings. The van der Waals surface area contributed by atoms with Gasteiger partial charge in [-0.25, -0.2) is 9.59 Å². The third kappa shape index (κ3) is 5.79. The van der Waals surface area contributed by atoms with Crippen LogP contribution in [0.3, 0.4) is 0 Å². The molecule has 0 bridgehead atoms. The summed E-state index contributed by atoms with van der Waals surface area (Å²) in [6.07, 6.45) is 0. The molecule has 9 heteroatoms. The Kier molecular flexibility index (Phi) is 6.84. The van der Waals surface area contributed by atoms with Gasteiger partial charge in [0.2, 0.25) is 0 Å². The molecule has 0 saturated carbocycles. The molecule has 0 unspecified atom stereocenters. The van der Waals surface area contributed by atoms with E-state index in [0.717, 1.165) is 12.1 Å². The molecule has 0 aromatic heterocycles. The Bertz CT molecular complexity index is 749. The van der Waals surface area contributed by atoms with Gasteiger partial charge in [0, 0.05) is 0 Å². The van der Waals surface area contributed by atoms with Gasteiger partial charge in [0.05, 0.1) is 24.3 Å². The highest BCUT2D eigenvalue weighted by Crippen LogP contribution is 2.25. The Morgan fingerprint density at radius 3 is 1.41 bits per heavy atom. The average Bonchev–Trinajstić information content (AvgIpc) is 2.65. The van der Waals surface area contributed by atoms with E-state index >= 15 is 0 Å². The number of phenols is 4. The van der Waals surface area contributed by atoms with Gasteiger partial charge in [-0.15, -0.1) is 0 Å². The molecule has 9 nitrogen and oxygen atoms in total. The first-order valence-corrected chi connectivity index (χ1v) is 7.84. The van der Waals surface area contributed by atoms with Crippen molar-refractivity contribution >= 4 is 11.9 Å². The van der Waals surface area contributed by atoms with E-state index in [-0.39, 0.29) is 49.1 Å². The number of carbonyl (C=O) groups excluding carboxylic acids is 2. The van der Waals surface area contributed by atoms with Gasteiger partial charge in [0.25, 0.3) is 0 Å². The summed E-state index contributed by atoms with van der Waals surface area (Å²) < 4.78 is 15.0. The molecule has 0 spiro atoms. The SMILES string of the molecule is O=C(OCCOCCOC(=O)c1ccc(O)c(O)c1)c1ccc(O)c(O)c1. The fourth-order valence-electron chi connectivity index (χ4n) is 1.96. The highest BCUT2D eigenvalue weighted by Gasteiger charge is 2.11. The molecule has 2 aromatic carbocycles. The summed E-state index contributed by atoms with van der Waals surface area (Å²) >= 11 is 0. The number of carbonyl (C=O) groups is 2. The molecule has 0 aliphatic heterocycles. The molecule has 0 radical (unpaired) electrons. The van der Waals surface area contributed by atoms with Gasteiger partial charge in [0.15, 0.2) is 23.0 Å². The van der Waals surface area contributed by atoms with Crippen molar-refractivity contribution in [2.75, 3.05) is 26.4 Å². The van der Waals surface area contributed by atoms with Gasteiger partial charge in [-0.1, -0.05) is 0 Å². The Labute approximate surface area is 154 Å². The zero-order chi connectivity index (χ0) is 19.8. The number of aromatic hydroxyl groups is 4. The summed E-state index contributed by atoms with van der Waals surface area (Å²) in [7, 11) is 0. The monoisotopic (exact) mass is 378 g/mol. The average molecular weight is 378 g/mol. The van der Waals surface area contributed by atoms with Crippen molar-refractivity contribution in [2.45, 2.75) is 0 Å². The predicted octanol–water partition coefficient (Wildman–Crippen LogP) is 1.54. The van der Waals surface area contributed by atoms with Crippen molar-refractivity contribution < 1.29 is 44.2 Å². The summed E-state index contributed by atoms with van der Waals surface area (Å²) in [5.41, 5.74) is 0.160. The van der Waals surface area contributed by atoms with Crippen molar-refractivity contribution in [3.8, 4) is 23.0 Å². The van der Waals surface area contributed by atoms with Gasteiger partial charge >= 0.3 is 11.9 Å². The number of hydrogen-bond donors (Lipinski definition) is 4. The van der Waals surface area contributed by atoms with E-state index in [2.05, 4.69) is 0 Å². The van der Waals surface area contributed by atoms with E-state index < -0.39 is 23.4 Å². The lowest BCUT2D eigenvalue weighted by Gasteiger charge is -2.08. The van der Waals surface area contributed by atoms with Crippen LogP contribution in [0.5, 0.6) is 23.0 Å². The third-order valence-electron chi connectivity index (χ3n) is 3.34. The maximum Gasteiger partial charge on any atom is 0.338 e. The molecule has 0 amide bonds. The summed E-state index contributed by atoms with van der Waals surface area (Å²) in [5, 5.41) is 37.0. The topological polar surface area (TPSA) is 143 Å². The molecule has 0 atom stereocenters. The lowest BCUT2D eigenvalue weighted by molar-refractivity contribution is 0.0150. The molecular formula is C18H18O9. The second-order valence-corrected chi connectivity index (χ2v) is 5.29. The minimum absolute atomic E-state index is 0.0553. The molecule has 2 rings (SSSR count). The second kappa shape index (κ2) is 9.30. The zero-order valence-corrected chi connectivity index (χ0v) is 14.1. The number of hydrogen-bond acceptors (Lipinski definition) is 9. The fraction of sp³-hybridized carbons (Fsp3) is 0.222. The van der Waals surface area contributed by atoms with Crippen LogP contribution in [0.4, 0.5) is 0 Å². The van der Waals surface area contributed by atoms with E-state index in [4.69, 9.17) is 14.2 Å². The number of benzene rings is 2. The van der Waals surface area contributed by atoms with Crippen molar-refractivity contribution in [3.63, 3.8) is 0 Å². The quantitative estimate of drug-likeness (QED) is 0.305. The number of rotatable bonds is 8. The molecule has 0 saturated heterocycles. The van der Waals surface area contributed by atoms with Crippen molar-refractivity contribution in [1.29, 1.82) is 0 Å². The molecule has 4 N–H and O–H groups in total. The molecule has 0 aliphatic carbocycles. The highest BCUT2D eigenvalue weighted by atomic mass is 16.6. The molecule has 2 aromatic rings. The Morgan fingerprint density at radius 1 is 0.630 bits per heavy atom. The molecule has 27 heavy (non-hydrogen) atoms. The van der Waals surface area contributed by atoms with Crippen LogP contribution in [0.2, 0.25) is 0 Å². The Balaban J connectivity index is 1.61. The first-order chi connectivity index (χ1) is 12.9. The smallest absolute Gasteiger partial charge is 0.338 e. The fourth-order valence-corrected chi connectivity index (χ4v) is 1.96. The number of phenolic OH excluding ortho intramolecular Hbond substituents is 4. The van der Waals surface area contributed by atoms with E-state index in [9.17, 15) is 30.0 Å². The lowest BCUT2D eigenvalue weighted by atomic mass is 10.2. The molecule has 0 heterocycles. The van der Waals surface area contributed by atoms with Crippen molar-refractivity contribution in [1.82, 2.24) is 0 Å². The van der Waals surface area contributed by atoms with Crippen LogP contribution in [0, 0.1) is 0 Å². The predicted molar refractivity (Wildman–Crippen MR) is 90.9 cm³/mol. The van der Waals surface area contributed by atoms with Crippen molar-refractivity contribution in [2.24, 2.45) is 0 Å². The normalized spacial score (nSPS) is 10.4. The lowest BCUT2D eigenvalue weighted by Crippen LogP contribution is -2.14. The minimum atomic E-state index is -0.688. The van der Waals surface area contributed by atoms with Gasteiger partial charge in [-0.3, -0.25) is 0 Å². The summed E-state index contributed by atoms with van der Waals surface area (Å²) in [6, 6.07) is 7.12. The van der Waals surface area contributed by atoms with Crippen LogP contribution in [0.25, 0.3) is 0 Å². The molecule has 0 aliphatic rings. The standard InChI is InChI=1S/C18H18O9/c19-13-3-1-11(9-15(13)21)17(23)26-7-5-25-6-8-27-18(24)12-2-4-14(20)16(22)10-12/h1-4,9-10,19-22H,5-8H2. The summed E-state index contributed by atoms with van der Waals surface area (Å²) in [6.45, 7) is 0.0151. The highest BCUT2D eigenvalue weighted by molar-refractivity contribution is 5.90. The van der Waals surface area contributed by atoms with E-state index in [1.54, 1.807) is 0 Å². The van der Waals surface area contributed by atoms with Crippen LogP contribution in [0.1, 0.15) is 20.7 Å². The first-order valence-electron chi connectivity index (χ1n) is 7.84. The third-order valence-corrected chi connectivity index (χ3v) is 3.34.